The molecule has 0 bridgehead atoms. The van der Waals surface area contributed by atoms with Gasteiger partial charge < -0.3 is 10.1 Å². The zero-order chi connectivity index (χ0) is 11.8. The number of methoxy groups -OCH3 is 1. The van der Waals surface area contributed by atoms with Crippen molar-refractivity contribution in [3.63, 3.8) is 0 Å². The van der Waals surface area contributed by atoms with Gasteiger partial charge in [-0.3, -0.25) is 0 Å². The van der Waals surface area contributed by atoms with Gasteiger partial charge >= 0.3 is 0 Å². The molecule has 0 aliphatic heterocycles. The van der Waals surface area contributed by atoms with E-state index in [4.69, 9.17) is 4.74 Å². The lowest BCUT2D eigenvalue weighted by atomic mass is 10.0. The van der Waals surface area contributed by atoms with Crippen LogP contribution in [0.2, 0.25) is 0 Å². The Hall–Kier alpha value is -0.930. The van der Waals surface area contributed by atoms with Crippen molar-refractivity contribution in [1.29, 1.82) is 0 Å². The minimum atomic E-state index is -0.133. The Kier molecular flexibility index (Phi) is 6.04. The summed E-state index contributed by atoms with van der Waals surface area (Å²) in [5.41, 5.74) is 0.750. The minimum Gasteiger partial charge on any atom is -0.385 e. The van der Waals surface area contributed by atoms with Gasteiger partial charge in [0, 0.05) is 25.3 Å². The van der Waals surface area contributed by atoms with Crippen molar-refractivity contribution in [2.24, 2.45) is 0 Å². The smallest absolute Gasteiger partial charge is 0.127 e. The van der Waals surface area contributed by atoms with Gasteiger partial charge in [-0.2, -0.15) is 0 Å². The molecule has 90 valence electrons. The quantitative estimate of drug-likeness (QED) is 0.720. The van der Waals surface area contributed by atoms with Gasteiger partial charge in [-0.25, -0.2) is 4.39 Å². The van der Waals surface area contributed by atoms with Gasteiger partial charge in [0.2, 0.25) is 0 Å². The Morgan fingerprint density at radius 1 is 1.38 bits per heavy atom. The summed E-state index contributed by atoms with van der Waals surface area (Å²) in [6, 6.07) is 7.03. The lowest BCUT2D eigenvalue weighted by molar-refractivity contribution is 0.188. The Labute approximate surface area is 96.8 Å². The van der Waals surface area contributed by atoms with Crippen LogP contribution < -0.4 is 5.32 Å². The van der Waals surface area contributed by atoms with E-state index in [2.05, 4.69) is 5.32 Å². The second kappa shape index (κ2) is 7.36. The highest BCUT2D eigenvalue weighted by molar-refractivity contribution is 5.21. The summed E-state index contributed by atoms with van der Waals surface area (Å²) in [7, 11) is 1.69. The molecular weight excluding hydrogens is 205 g/mol. The molecule has 0 aliphatic rings. The molecule has 1 aromatic carbocycles. The van der Waals surface area contributed by atoms with E-state index in [9.17, 15) is 4.39 Å². The Bertz CT molecular complexity index is 304. The largest absolute Gasteiger partial charge is 0.385 e. The van der Waals surface area contributed by atoms with Crippen LogP contribution in [0.5, 0.6) is 0 Å². The van der Waals surface area contributed by atoms with Crippen LogP contribution in [-0.4, -0.2) is 20.3 Å². The number of halogens is 1. The fraction of sp³-hybridized carbons (Fsp3) is 0.538. The van der Waals surface area contributed by atoms with E-state index in [1.165, 1.54) is 6.07 Å². The van der Waals surface area contributed by atoms with E-state index in [0.29, 0.717) is 0 Å². The van der Waals surface area contributed by atoms with Gasteiger partial charge in [-0.05, 0) is 25.5 Å². The van der Waals surface area contributed by atoms with Crippen molar-refractivity contribution < 1.29 is 9.13 Å². The molecule has 1 rings (SSSR count). The number of benzene rings is 1. The van der Waals surface area contributed by atoms with Gasteiger partial charge in [-0.15, -0.1) is 0 Å². The maximum atomic E-state index is 13.6. The van der Waals surface area contributed by atoms with E-state index in [0.717, 1.165) is 31.6 Å². The molecule has 0 saturated heterocycles. The SMILES string of the molecule is CCNC(CCCOC)c1ccccc1F. The summed E-state index contributed by atoms with van der Waals surface area (Å²) >= 11 is 0. The summed E-state index contributed by atoms with van der Waals surface area (Å²) in [4.78, 5) is 0. The highest BCUT2D eigenvalue weighted by Gasteiger charge is 2.13. The van der Waals surface area contributed by atoms with Crippen LogP contribution in [0.3, 0.4) is 0 Å². The van der Waals surface area contributed by atoms with Crippen molar-refractivity contribution in [3.8, 4) is 0 Å². The first-order valence-corrected chi connectivity index (χ1v) is 5.76. The number of nitrogens with one attached hydrogen (secondary N) is 1. The van der Waals surface area contributed by atoms with Crippen LogP contribution in [0, 0.1) is 5.82 Å². The maximum absolute atomic E-state index is 13.6. The third-order valence-electron chi connectivity index (χ3n) is 2.57. The van der Waals surface area contributed by atoms with Crippen LogP contribution in [0.1, 0.15) is 31.4 Å². The highest BCUT2D eigenvalue weighted by atomic mass is 19.1. The molecule has 1 atom stereocenters. The van der Waals surface area contributed by atoms with Gasteiger partial charge in [0.25, 0.3) is 0 Å². The summed E-state index contributed by atoms with van der Waals surface area (Å²) in [6.07, 6.45) is 1.82. The molecule has 1 unspecified atom stereocenters. The highest BCUT2D eigenvalue weighted by Crippen LogP contribution is 2.21. The molecular formula is C13H20FNO. The second-order valence-corrected chi connectivity index (χ2v) is 3.77. The normalized spacial score (nSPS) is 12.7. The number of rotatable bonds is 7. The van der Waals surface area contributed by atoms with E-state index in [-0.39, 0.29) is 11.9 Å². The number of hydrogen-bond donors (Lipinski definition) is 1. The lowest BCUT2D eigenvalue weighted by Gasteiger charge is -2.18. The van der Waals surface area contributed by atoms with Crippen LogP contribution in [0.25, 0.3) is 0 Å². The first-order valence-electron chi connectivity index (χ1n) is 5.76. The third-order valence-corrected chi connectivity index (χ3v) is 2.57. The van der Waals surface area contributed by atoms with Crippen molar-refractivity contribution in [2.45, 2.75) is 25.8 Å². The van der Waals surface area contributed by atoms with E-state index in [1.807, 2.05) is 19.1 Å². The molecule has 0 spiro atoms. The number of ether oxygens (including phenoxy) is 1. The van der Waals surface area contributed by atoms with Crippen molar-refractivity contribution >= 4 is 0 Å². The second-order valence-electron chi connectivity index (χ2n) is 3.77. The van der Waals surface area contributed by atoms with Gasteiger partial charge in [-0.1, -0.05) is 25.1 Å². The minimum absolute atomic E-state index is 0.0846. The molecule has 0 radical (unpaired) electrons. The van der Waals surface area contributed by atoms with Crippen LogP contribution in [0.4, 0.5) is 4.39 Å². The molecule has 1 aromatic rings. The molecule has 16 heavy (non-hydrogen) atoms. The predicted molar refractivity (Wildman–Crippen MR) is 63.9 cm³/mol. The van der Waals surface area contributed by atoms with Gasteiger partial charge in [0.15, 0.2) is 0 Å². The lowest BCUT2D eigenvalue weighted by Crippen LogP contribution is -2.22. The van der Waals surface area contributed by atoms with Crippen LogP contribution in [-0.2, 0) is 4.74 Å². The Morgan fingerprint density at radius 3 is 2.75 bits per heavy atom. The van der Waals surface area contributed by atoms with Crippen molar-refractivity contribution in [2.75, 3.05) is 20.3 Å². The van der Waals surface area contributed by atoms with Gasteiger partial charge in [0.05, 0.1) is 0 Å². The number of hydrogen-bond acceptors (Lipinski definition) is 2. The molecule has 0 aromatic heterocycles. The topological polar surface area (TPSA) is 21.3 Å². The maximum Gasteiger partial charge on any atom is 0.127 e. The zero-order valence-electron chi connectivity index (χ0n) is 10.0. The summed E-state index contributed by atoms with van der Waals surface area (Å²) in [6.45, 7) is 3.59. The first-order chi connectivity index (χ1) is 7.79. The molecule has 0 amide bonds. The van der Waals surface area contributed by atoms with Gasteiger partial charge in [0.1, 0.15) is 5.82 Å². The summed E-state index contributed by atoms with van der Waals surface area (Å²) in [5.74, 6) is -0.133. The Morgan fingerprint density at radius 2 is 2.12 bits per heavy atom. The standard InChI is InChI=1S/C13H20FNO/c1-3-15-13(9-6-10-16-2)11-7-4-5-8-12(11)14/h4-5,7-8,13,15H,3,6,9-10H2,1-2H3. The fourth-order valence-electron chi connectivity index (χ4n) is 1.80. The van der Waals surface area contributed by atoms with Crippen molar-refractivity contribution in [3.05, 3.63) is 35.6 Å². The molecule has 3 heteroatoms. The Balaban J connectivity index is 2.65. The summed E-state index contributed by atoms with van der Waals surface area (Å²) in [5, 5.41) is 3.30. The average Bonchev–Trinajstić information content (AvgIpc) is 2.29. The molecule has 0 aliphatic carbocycles. The molecule has 0 saturated carbocycles. The van der Waals surface area contributed by atoms with Crippen molar-refractivity contribution in [1.82, 2.24) is 5.32 Å². The van der Waals surface area contributed by atoms with E-state index in [1.54, 1.807) is 13.2 Å². The van der Waals surface area contributed by atoms with Crippen LogP contribution in [0.15, 0.2) is 24.3 Å². The predicted octanol–water partition coefficient (Wildman–Crippen LogP) is 2.90. The van der Waals surface area contributed by atoms with E-state index < -0.39 is 0 Å². The monoisotopic (exact) mass is 225 g/mol. The zero-order valence-corrected chi connectivity index (χ0v) is 10.0. The molecule has 0 fully saturated rings. The third kappa shape index (κ3) is 3.91. The van der Waals surface area contributed by atoms with E-state index >= 15 is 0 Å². The molecule has 0 heterocycles. The average molecular weight is 225 g/mol. The van der Waals surface area contributed by atoms with Crippen LogP contribution >= 0.6 is 0 Å². The molecule has 2 nitrogen and oxygen atoms in total. The summed E-state index contributed by atoms with van der Waals surface area (Å²) < 4.78 is 18.6. The fourth-order valence-corrected chi connectivity index (χ4v) is 1.80. The first kappa shape index (κ1) is 13.1. The molecule has 1 N–H and O–H groups in total.